The van der Waals surface area contributed by atoms with Crippen LogP contribution in [0.5, 0.6) is 11.5 Å². The van der Waals surface area contributed by atoms with Crippen LogP contribution in [0.2, 0.25) is 0 Å². The first kappa shape index (κ1) is 25.1. The summed E-state index contributed by atoms with van der Waals surface area (Å²) in [5, 5.41) is 2.60. The maximum absolute atomic E-state index is 16.2. The standard InChI is InChI=1S/C29H26FNO4S/c1-4-36(33,34)24-15-13-22(14-16-24)25-18-26(21-10-6-5-7-11-21)29(27(30)28(25)31-20(3)32)35-23-12-8-9-19(2)17-23/h5-18H,4H2,1-3H3,(H,31,32). The lowest BCUT2D eigenvalue weighted by Gasteiger charge is -2.19. The average Bonchev–Trinajstić information content (AvgIpc) is 2.87. The van der Waals surface area contributed by atoms with Gasteiger partial charge in [-0.1, -0.05) is 61.5 Å². The van der Waals surface area contributed by atoms with Crippen LogP contribution in [0.25, 0.3) is 22.3 Å². The second kappa shape index (κ2) is 10.3. The van der Waals surface area contributed by atoms with Crippen LogP contribution < -0.4 is 10.1 Å². The summed E-state index contributed by atoms with van der Waals surface area (Å²) < 4.78 is 46.8. The maximum Gasteiger partial charge on any atom is 0.221 e. The first-order chi connectivity index (χ1) is 17.2. The molecular weight excluding hydrogens is 477 g/mol. The molecule has 0 saturated carbocycles. The van der Waals surface area contributed by atoms with Crippen molar-refractivity contribution >= 4 is 21.4 Å². The molecule has 0 atom stereocenters. The van der Waals surface area contributed by atoms with E-state index in [0.717, 1.165) is 11.1 Å². The molecule has 7 heteroatoms. The first-order valence-electron chi connectivity index (χ1n) is 11.5. The SMILES string of the molecule is CCS(=O)(=O)c1ccc(-c2cc(-c3ccccc3)c(Oc3cccc(C)c3)c(F)c2NC(C)=O)cc1. The highest BCUT2D eigenvalue weighted by Crippen LogP contribution is 2.44. The van der Waals surface area contributed by atoms with Crippen molar-refractivity contribution < 1.29 is 22.3 Å². The van der Waals surface area contributed by atoms with Gasteiger partial charge >= 0.3 is 0 Å². The molecule has 4 aromatic rings. The van der Waals surface area contributed by atoms with E-state index in [1.54, 1.807) is 37.3 Å². The number of anilines is 1. The van der Waals surface area contributed by atoms with Crippen LogP contribution in [-0.4, -0.2) is 20.1 Å². The van der Waals surface area contributed by atoms with Gasteiger partial charge in [-0.3, -0.25) is 4.79 Å². The third kappa shape index (κ3) is 5.31. The van der Waals surface area contributed by atoms with Gasteiger partial charge in [0.05, 0.1) is 16.3 Å². The predicted molar refractivity (Wildman–Crippen MR) is 141 cm³/mol. The molecular formula is C29H26FNO4S. The van der Waals surface area contributed by atoms with Gasteiger partial charge in [0.1, 0.15) is 5.75 Å². The van der Waals surface area contributed by atoms with E-state index in [2.05, 4.69) is 5.32 Å². The number of nitrogens with one attached hydrogen (secondary N) is 1. The Kier molecular flexibility index (Phi) is 7.22. The highest BCUT2D eigenvalue weighted by molar-refractivity contribution is 7.91. The van der Waals surface area contributed by atoms with Crippen LogP contribution >= 0.6 is 0 Å². The minimum atomic E-state index is -3.39. The summed E-state index contributed by atoms with van der Waals surface area (Å²) in [5.41, 5.74) is 3.07. The van der Waals surface area contributed by atoms with Crippen molar-refractivity contribution in [3.63, 3.8) is 0 Å². The molecule has 1 N–H and O–H groups in total. The molecule has 0 unspecified atom stereocenters. The van der Waals surface area contributed by atoms with Crippen LogP contribution in [0.1, 0.15) is 19.4 Å². The molecule has 1 amide bonds. The largest absolute Gasteiger partial charge is 0.454 e. The van der Waals surface area contributed by atoms with Crippen molar-refractivity contribution in [2.75, 3.05) is 11.1 Å². The molecule has 5 nitrogen and oxygen atoms in total. The number of amides is 1. The van der Waals surface area contributed by atoms with Crippen molar-refractivity contribution in [2.24, 2.45) is 0 Å². The van der Waals surface area contributed by atoms with Gasteiger partial charge in [-0.25, -0.2) is 12.8 Å². The number of hydrogen-bond acceptors (Lipinski definition) is 4. The highest BCUT2D eigenvalue weighted by atomic mass is 32.2. The summed E-state index contributed by atoms with van der Waals surface area (Å²) in [6.45, 7) is 4.79. The number of carbonyl (C=O) groups excluding carboxylic acids is 1. The molecule has 0 spiro atoms. The van der Waals surface area contributed by atoms with Gasteiger partial charge < -0.3 is 10.1 Å². The van der Waals surface area contributed by atoms with Crippen LogP contribution in [0.15, 0.2) is 89.8 Å². The Labute approximate surface area is 210 Å². The van der Waals surface area contributed by atoms with Gasteiger partial charge in [0, 0.05) is 18.1 Å². The monoisotopic (exact) mass is 503 g/mol. The molecule has 0 aliphatic heterocycles. The second-order valence-corrected chi connectivity index (χ2v) is 10.7. The van der Waals surface area contributed by atoms with Crippen molar-refractivity contribution in [3.8, 4) is 33.8 Å². The Hall–Kier alpha value is -3.97. The molecule has 36 heavy (non-hydrogen) atoms. The van der Waals surface area contributed by atoms with E-state index in [0.29, 0.717) is 22.4 Å². The van der Waals surface area contributed by atoms with E-state index in [4.69, 9.17) is 4.74 Å². The van der Waals surface area contributed by atoms with Gasteiger partial charge in [0.25, 0.3) is 0 Å². The maximum atomic E-state index is 16.2. The summed E-state index contributed by atoms with van der Waals surface area (Å²) in [6, 6.07) is 24.4. The summed E-state index contributed by atoms with van der Waals surface area (Å²) in [7, 11) is -3.39. The quantitative estimate of drug-likeness (QED) is 0.294. The Morgan fingerprint density at radius 2 is 1.56 bits per heavy atom. The Balaban J connectivity index is 1.96. The zero-order chi connectivity index (χ0) is 25.9. The lowest BCUT2D eigenvalue weighted by Crippen LogP contribution is -2.10. The zero-order valence-corrected chi connectivity index (χ0v) is 21.0. The average molecular weight is 504 g/mol. The molecule has 0 radical (unpaired) electrons. The van der Waals surface area contributed by atoms with Crippen molar-refractivity contribution in [3.05, 3.63) is 96.3 Å². The summed E-state index contributed by atoms with van der Waals surface area (Å²) in [6.07, 6.45) is 0. The lowest BCUT2D eigenvalue weighted by atomic mass is 9.95. The fourth-order valence-electron chi connectivity index (χ4n) is 3.90. The molecule has 184 valence electrons. The molecule has 0 aliphatic rings. The van der Waals surface area contributed by atoms with Crippen LogP contribution in [-0.2, 0) is 14.6 Å². The number of sulfone groups is 1. The van der Waals surface area contributed by atoms with E-state index in [-0.39, 0.29) is 22.1 Å². The molecule has 0 bridgehead atoms. The summed E-state index contributed by atoms with van der Waals surface area (Å²) in [5.74, 6) is -0.768. The smallest absolute Gasteiger partial charge is 0.221 e. The van der Waals surface area contributed by atoms with Gasteiger partial charge in [-0.2, -0.15) is 0 Å². The topological polar surface area (TPSA) is 72.5 Å². The molecule has 4 rings (SSSR count). The molecule has 0 heterocycles. The van der Waals surface area contributed by atoms with Crippen LogP contribution in [0, 0.1) is 12.7 Å². The van der Waals surface area contributed by atoms with Crippen molar-refractivity contribution in [1.29, 1.82) is 0 Å². The van der Waals surface area contributed by atoms with E-state index in [1.165, 1.54) is 19.1 Å². The third-order valence-electron chi connectivity index (χ3n) is 5.72. The Bertz CT molecular complexity index is 1520. The molecule has 0 saturated heterocycles. The Morgan fingerprint density at radius 1 is 0.889 bits per heavy atom. The molecule has 0 fully saturated rings. The van der Waals surface area contributed by atoms with E-state index < -0.39 is 21.6 Å². The van der Waals surface area contributed by atoms with Crippen LogP contribution in [0.4, 0.5) is 10.1 Å². The van der Waals surface area contributed by atoms with Gasteiger partial charge in [-0.15, -0.1) is 0 Å². The number of carbonyl (C=O) groups is 1. The van der Waals surface area contributed by atoms with E-state index in [1.807, 2.05) is 49.4 Å². The first-order valence-corrected chi connectivity index (χ1v) is 13.1. The number of rotatable bonds is 7. The van der Waals surface area contributed by atoms with Crippen LogP contribution in [0.3, 0.4) is 0 Å². The normalized spacial score (nSPS) is 11.2. The predicted octanol–water partition coefficient (Wildman–Crippen LogP) is 7.01. The summed E-state index contributed by atoms with van der Waals surface area (Å²) in [4.78, 5) is 12.2. The Morgan fingerprint density at radius 3 is 2.17 bits per heavy atom. The fourth-order valence-corrected chi connectivity index (χ4v) is 4.78. The van der Waals surface area contributed by atoms with Gasteiger partial charge in [0.2, 0.25) is 5.91 Å². The molecule has 0 aromatic heterocycles. The minimum Gasteiger partial charge on any atom is -0.454 e. The van der Waals surface area contributed by atoms with E-state index >= 15 is 4.39 Å². The minimum absolute atomic E-state index is 0.0236. The number of benzene rings is 4. The second-order valence-electron chi connectivity index (χ2n) is 8.38. The van der Waals surface area contributed by atoms with E-state index in [9.17, 15) is 13.2 Å². The molecule has 4 aromatic carbocycles. The fraction of sp³-hybridized carbons (Fsp3) is 0.138. The number of halogens is 1. The van der Waals surface area contributed by atoms with Gasteiger partial charge in [-0.05, 0) is 53.9 Å². The highest BCUT2D eigenvalue weighted by Gasteiger charge is 2.23. The lowest BCUT2D eigenvalue weighted by molar-refractivity contribution is -0.114. The summed E-state index contributed by atoms with van der Waals surface area (Å²) >= 11 is 0. The number of aryl methyl sites for hydroxylation is 1. The molecule has 0 aliphatic carbocycles. The number of ether oxygens (including phenoxy) is 1. The third-order valence-corrected chi connectivity index (χ3v) is 7.47. The van der Waals surface area contributed by atoms with Crippen molar-refractivity contribution in [1.82, 2.24) is 0 Å². The number of hydrogen-bond donors (Lipinski definition) is 1. The van der Waals surface area contributed by atoms with Gasteiger partial charge in [0.15, 0.2) is 21.4 Å². The van der Waals surface area contributed by atoms with Crippen molar-refractivity contribution in [2.45, 2.75) is 25.7 Å². The zero-order valence-electron chi connectivity index (χ0n) is 20.2.